The summed E-state index contributed by atoms with van der Waals surface area (Å²) in [7, 11) is 0. The molecule has 1 aromatic rings. The van der Waals surface area contributed by atoms with Gasteiger partial charge in [0.25, 0.3) is 0 Å². The zero-order valence-corrected chi connectivity index (χ0v) is 12.6. The fraction of sp³-hybridized carbons (Fsp3) is 0.588. The summed E-state index contributed by atoms with van der Waals surface area (Å²) < 4.78 is 0. The van der Waals surface area contributed by atoms with Crippen LogP contribution in [0.25, 0.3) is 0 Å². The monoisotopic (exact) mass is 287 g/mol. The average Bonchev–Trinajstić information content (AvgIpc) is 3.31. The van der Waals surface area contributed by atoms with Crippen molar-refractivity contribution < 1.29 is 4.79 Å². The smallest absolute Gasteiger partial charge is 0.248 e. The lowest BCUT2D eigenvalue weighted by molar-refractivity contribution is 0.1000. The van der Waals surface area contributed by atoms with E-state index in [9.17, 15) is 4.79 Å². The van der Waals surface area contributed by atoms with Crippen LogP contribution in [0.1, 0.15) is 41.6 Å². The van der Waals surface area contributed by atoms with Gasteiger partial charge in [-0.15, -0.1) is 0 Å². The maximum Gasteiger partial charge on any atom is 0.248 e. The van der Waals surface area contributed by atoms with E-state index in [-0.39, 0.29) is 5.91 Å². The quantitative estimate of drug-likeness (QED) is 0.838. The molecule has 1 saturated heterocycles. The summed E-state index contributed by atoms with van der Waals surface area (Å²) >= 11 is 0. The molecule has 1 heterocycles. The Bertz CT molecular complexity index is 491. The third kappa shape index (κ3) is 4.29. The van der Waals surface area contributed by atoms with Gasteiger partial charge in [0.1, 0.15) is 0 Å². The molecule has 1 aliphatic carbocycles. The maximum atomic E-state index is 11.2. The van der Waals surface area contributed by atoms with Gasteiger partial charge in [0.15, 0.2) is 0 Å². The van der Waals surface area contributed by atoms with Crippen molar-refractivity contribution >= 4 is 5.91 Å². The molecule has 4 nitrogen and oxygen atoms in total. The Morgan fingerprint density at radius 2 is 2.00 bits per heavy atom. The number of nitrogens with one attached hydrogen (secondary N) is 1. The Morgan fingerprint density at radius 3 is 2.67 bits per heavy atom. The van der Waals surface area contributed by atoms with Gasteiger partial charge in [-0.25, -0.2) is 0 Å². The predicted molar refractivity (Wildman–Crippen MR) is 84.0 cm³/mol. The van der Waals surface area contributed by atoms with E-state index in [1.54, 1.807) is 6.07 Å². The predicted octanol–water partition coefficient (Wildman–Crippen LogP) is 1.75. The second-order valence-corrected chi connectivity index (χ2v) is 6.47. The van der Waals surface area contributed by atoms with Gasteiger partial charge in [0.2, 0.25) is 5.91 Å². The molecule has 1 amide bonds. The first kappa shape index (κ1) is 14.5. The normalized spacial score (nSPS) is 20.6. The molecule has 21 heavy (non-hydrogen) atoms. The highest BCUT2D eigenvalue weighted by Crippen LogP contribution is 2.28. The van der Waals surface area contributed by atoms with Crippen molar-refractivity contribution in [2.24, 2.45) is 11.7 Å². The van der Waals surface area contributed by atoms with Crippen LogP contribution in [0.2, 0.25) is 0 Å². The zero-order chi connectivity index (χ0) is 14.7. The second-order valence-electron chi connectivity index (χ2n) is 6.47. The number of primary amides is 1. The lowest BCUT2D eigenvalue weighted by Gasteiger charge is -2.32. The topological polar surface area (TPSA) is 58.4 Å². The summed E-state index contributed by atoms with van der Waals surface area (Å²) in [5.74, 6) is 0.611. The van der Waals surface area contributed by atoms with Crippen molar-refractivity contribution in [2.75, 3.05) is 19.6 Å². The molecule has 0 unspecified atom stereocenters. The third-order valence-electron chi connectivity index (χ3n) is 4.60. The SMILES string of the molecule is NC(=O)c1cccc(CN2CCC(NCC3CC3)CC2)c1. The van der Waals surface area contributed by atoms with E-state index in [1.165, 1.54) is 37.8 Å². The van der Waals surface area contributed by atoms with Crippen molar-refractivity contribution in [2.45, 2.75) is 38.3 Å². The number of benzene rings is 1. The summed E-state index contributed by atoms with van der Waals surface area (Å²) in [6.45, 7) is 4.38. The standard InChI is InChI=1S/C17H25N3O/c18-17(21)15-3-1-2-14(10-15)12-20-8-6-16(7-9-20)19-11-13-4-5-13/h1-3,10,13,16,19H,4-9,11-12H2,(H2,18,21). The average molecular weight is 287 g/mol. The Labute approximate surface area is 126 Å². The first-order valence-corrected chi connectivity index (χ1v) is 8.05. The van der Waals surface area contributed by atoms with E-state index in [1.807, 2.05) is 12.1 Å². The van der Waals surface area contributed by atoms with Gasteiger partial charge < -0.3 is 11.1 Å². The van der Waals surface area contributed by atoms with Gasteiger partial charge in [-0.3, -0.25) is 9.69 Å². The summed E-state index contributed by atoms with van der Waals surface area (Å²) in [5, 5.41) is 3.70. The minimum atomic E-state index is -0.347. The van der Waals surface area contributed by atoms with E-state index in [4.69, 9.17) is 5.73 Å². The molecule has 1 aliphatic heterocycles. The molecular weight excluding hydrogens is 262 g/mol. The van der Waals surface area contributed by atoms with Crippen LogP contribution in [0.4, 0.5) is 0 Å². The first-order chi connectivity index (χ1) is 10.2. The van der Waals surface area contributed by atoms with Crippen LogP contribution in [0.15, 0.2) is 24.3 Å². The number of hydrogen-bond donors (Lipinski definition) is 2. The Morgan fingerprint density at radius 1 is 1.24 bits per heavy atom. The van der Waals surface area contributed by atoms with Crippen molar-refractivity contribution in [3.8, 4) is 0 Å². The Balaban J connectivity index is 1.46. The molecule has 114 valence electrons. The van der Waals surface area contributed by atoms with Crippen molar-refractivity contribution in [3.63, 3.8) is 0 Å². The molecule has 0 aromatic heterocycles. The largest absolute Gasteiger partial charge is 0.366 e. The molecule has 2 aliphatic rings. The number of nitrogens with two attached hydrogens (primary N) is 1. The van der Waals surface area contributed by atoms with Crippen LogP contribution in [0.5, 0.6) is 0 Å². The maximum absolute atomic E-state index is 11.2. The Hall–Kier alpha value is -1.39. The molecule has 3 N–H and O–H groups in total. The van der Waals surface area contributed by atoms with Crippen molar-refractivity contribution in [1.82, 2.24) is 10.2 Å². The fourth-order valence-electron chi connectivity index (χ4n) is 3.03. The molecule has 4 heteroatoms. The van der Waals surface area contributed by atoms with Crippen LogP contribution in [0.3, 0.4) is 0 Å². The highest BCUT2D eigenvalue weighted by molar-refractivity contribution is 5.92. The zero-order valence-electron chi connectivity index (χ0n) is 12.6. The molecule has 0 spiro atoms. The third-order valence-corrected chi connectivity index (χ3v) is 4.60. The summed E-state index contributed by atoms with van der Waals surface area (Å²) in [5.41, 5.74) is 7.12. The van der Waals surface area contributed by atoms with Gasteiger partial charge in [0.05, 0.1) is 0 Å². The summed E-state index contributed by atoms with van der Waals surface area (Å²) in [6.07, 6.45) is 5.29. The van der Waals surface area contributed by atoms with Gasteiger partial charge in [-0.1, -0.05) is 12.1 Å². The number of nitrogens with zero attached hydrogens (tertiary/aromatic N) is 1. The number of piperidine rings is 1. The molecule has 2 fully saturated rings. The first-order valence-electron chi connectivity index (χ1n) is 8.05. The van der Waals surface area contributed by atoms with Crippen LogP contribution < -0.4 is 11.1 Å². The Kier molecular flexibility index (Phi) is 4.56. The van der Waals surface area contributed by atoms with E-state index in [0.717, 1.165) is 25.6 Å². The van der Waals surface area contributed by atoms with Crippen LogP contribution in [-0.4, -0.2) is 36.5 Å². The fourth-order valence-corrected chi connectivity index (χ4v) is 3.03. The minimum absolute atomic E-state index is 0.347. The summed E-state index contributed by atoms with van der Waals surface area (Å²) in [6, 6.07) is 8.38. The van der Waals surface area contributed by atoms with Crippen LogP contribution in [0, 0.1) is 5.92 Å². The second kappa shape index (κ2) is 6.58. The molecule has 0 bridgehead atoms. The number of likely N-dealkylation sites (tertiary alicyclic amines) is 1. The lowest BCUT2D eigenvalue weighted by Crippen LogP contribution is -2.42. The number of amides is 1. The van der Waals surface area contributed by atoms with E-state index >= 15 is 0 Å². The van der Waals surface area contributed by atoms with Gasteiger partial charge >= 0.3 is 0 Å². The summed E-state index contributed by atoms with van der Waals surface area (Å²) in [4.78, 5) is 13.7. The molecule has 1 aromatic carbocycles. The number of carbonyl (C=O) groups excluding carboxylic acids is 1. The van der Waals surface area contributed by atoms with Crippen molar-refractivity contribution in [1.29, 1.82) is 0 Å². The minimum Gasteiger partial charge on any atom is -0.366 e. The molecule has 3 rings (SSSR count). The molecule has 1 saturated carbocycles. The van der Waals surface area contributed by atoms with E-state index in [0.29, 0.717) is 11.6 Å². The van der Waals surface area contributed by atoms with Crippen LogP contribution in [-0.2, 0) is 6.54 Å². The van der Waals surface area contributed by atoms with Gasteiger partial charge in [-0.05, 0) is 68.9 Å². The highest BCUT2D eigenvalue weighted by Gasteiger charge is 2.24. The highest BCUT2D eigenvalue weighted by atomic mass is 16.1. The van der Waals surface area contributed by atoms with Gasteiger partial charge in [-0.2, -0.15) is 0 Å². The van der Waals surface area contributed by atoms with E-state index in [2.05, 4.69) is 16.3 Å². The van der Waals surface area contributed by atoms with E-state index < -0.39 is 0 Å². The number of carbonyl (C=O) groups is 1. The molecular formula is C17H25N3O. The number of hydrogen-bond acceptors (Lipinski definition) is 3. The van der Waals surface area contributed by atoms with Gasteiger partial charge in [0, 0.05) is 18.2 Å². The lowest BCUT2D eigenvalue weighted by atomic mass is 10.0. The molecule has 0 atom stereocenters. The van der Waals surface area contributed by atoms with Crippen molar-refractivity contribution in [3.05, 3.63) is 35.4 Å². The van der Waals surface area contributed by atoms with Crippen LogP contribution >= 0.6 is 0 Å². The number of rotatable bonds is 6. The molecule has 0 radical (unpaired) electrons.